The zero-order chi connectivity index (χ0) is 25.7. The van der Waals surface area contributed by atoms with Crippen LogP contribution in [0, 0.1) is 0 Å². The number of benzene rings is 3. The third-order valence-corrected chi connectivity index (χ3v) is 7.32. The van der Waals surface area contributed by atoms with E-state index in [9.17, 15) is 9.59 Å². The number of anilines is 1. The molecule has 0 unspecified atom stereocenters. The maximum atomic E-state index is 12.9. The van der Waals surface area contributed by atoms with Crippen molar-refractivity contribution in [1.82, 2.24) is 4.90 Å². The number of thiocarbonyl (C=S) groups is 1. The van der Waals surface area contributed by atoms with Crippen LogP contribution < -0.4 is 14.8 Å². The number of thioether (sulfide) groups is 1. The predicted octanol–water partition coefficient (Wildman–Crippen LogP) is 6.42. The Morgan fingerprint density at radius 1 is 1.08 bits per heavy atom. The summed E-state index contributed by atoms with van der Waals surface area (Å²) in [7, 11) is 1.50. The number of rotatable bonds is 8. The van der Waals surface area contributed by atoms with Gasteiger partial charge in [0, 0.05) is 0 Å². The van der Waals surface area contributed by atoms with Gasteiger partial charge in [-0.1, -0.05) is 89.6 Å². The highest BCUT2D eigenvalue weighted by Crippen LogP contribution is 2.35. The molecule has 10 heteroatoms. The van der Waals surface area contributed by atoms with Crippen LogP contribution in [0.1, 0.15) is 11.1 Å². The lowest BCUT2D eigenvalue weighted by atomic mass is 10.1. The summed E-state index contributed by atoms with van der Waals surface area (Å²) in [6.45, 7) is 0.151. The lowest BCUT2D eigenvalue weighted by Gasteiger charge is -2.14. The Labute approximate surface area is 228 Å². The average Bonchev–Trinajstić information content (AvgIpc) is 3.13. The summed E-state index contributed by atoms with van der Waals surface area (Å²) in [6.07, 6.45) is 1.75. The van der Waals surface area contributed by atoms with Gasteiger partial charge in [0.2, 0.25) is 0 Å². The van der Waals surface area contributed by atoms with E-state index in [2.05, 4.69) is 5.32 Å². The summed E-state index contributed by atoms with van der Waals surface area (Å²) in [5.41, 5.74) is 2.12. The maximum Gasteiger partial charge on any atom is 0.266 e. The third-order valence-electron chi connectivity index (χ3n) is 5.13. The predicted molar refractivity (Wildman–Crippen MR) is 149 cm³/mol. The van der Waals surface area contributed by atoms with Crippen molar-refractivity contribution in [2.24, 2.45) is 0 Å². The minimum atomic E-state index is -0.410. The van der Waals surface area contributed by atoms with Gasteiger partial charge in [-0.05, 0) is 41.5 Å². The summed E-state index contributed by atoms with van der Waals surface area (Å²) in [4.78, 5) is 27.4. The second kappa shape index (κ2) is 11.8. The summed E-state index contributed by atoms with van der Waals surface area (Å²) in [5, 5.41) is 3.25. The number of methoxy groups -OCH3 is 1. The average molecular weight is 559 g/mol. The third kappa shape index (κ3) is 6.20. The number of hydrogen-bond donors (Lipinski definition) is 1. The molecule has 1 aliphatic rings. The molecule has 1 aliphatic heterocycles. The minimum Gasteiger partial charge on any atom is -0.493 e. The Balaban J connectivity index is 1.42. The van der Waals surface area contributed by atoms with Crippen molar-refractivity contribution in [2.75, 3.05) is 19.0 Å². The fourth-order valence-electron chi connectivity index (χ4n) is 3.38. The monoisotopic (exact) mass is 558 g/mol. The molecule has 184 valence electrons. The van der Waals surface area contributed by atoms with Gasteiger partial charge in [0.25, 0.3) is 11.8 Å². The first-order chi connectivity index (χ1) is 17.4. The second-order valence-electron chi connectivity index (χ2n) is 7.60. The Morgan fingerprint density at radius 2 is 1.86 bits per heavy atom. The van der Waals surface area contributed by atoms with Crippen LogP contribution in [-0.2, 0) is 16.1 Å². The van der Waals surface area contributed by atoms with E-state index < -0.39 is 5.91 Å². The highest BCUT2D eigenvalue weighted by atomic mass is 35.5. The van der Waals surface area contributed by atoms with Gasteiger partial charge in [-0.15, -0.1) is 0 Å². The van der Waals surface area contributed by atoms with E-state index in [0.717, 1.165) is 11.1 Å². The summed E-state index contributed by atoms with van der Waals surface area (Å²) in [6, 6.07) is 19.8. The van der Waals surface area contributed by atoms with E-state index in [1.807, 2.05) is 30.3 Å². The molecule has 1 N–H and O–H groups in total. The van der Waals surface area contributed by atoms with Crippen molar-refractivity contribution in [3.05, 3.63) is 92.8 Å². The second-order valence-corrected chi connectivity index (χ2v) is 10.1. The van der Waals surface area contributed by atoms with Crippen LogP contribution >= 0.6 is 47.2 Å². The van der Waals surface area contributed by atoms with Gasteiger partial charge in [0.15, 0.2) is 18.1 Å². The zero-order valence-electron chi connectivity index (χ0n) is 19.0. The van der Waals surface area contributed by atoms with Crippen molar-refractivity contribution < 1.29 is 19.1 Å². The number of halogens is 2. The van der Waals surface area contributed by atoms with Gasteiger partial charge in [-0.2, -0.15) is 0 Å². The molecule has 3 aromatic rings. The summed E-state index contributed by atoms with van der Waals surface area (Å²) >= 11 is 18.8. The Morgan fingerprint density at radius 3 is 2.61 bits per heavy atom. The van der Waals surface area contributed by atoms with Gasteiger partial charge in [-0.25, -0.2) is 0 Å². The van der Waals surface area contributed by atoms with Crippen LogP contribution in [0.2, 0.25) is 10.0 Å². The number of nitrogens with zero attached hydrogens (tertiary/aromatic N) is 1. The number of nitrogens with one attached hydrogen (secondary N) is 1. The van der Waals surface area contributed by atoms with Crippen LogP contribution in [0.25, 0.3) is 6.08 Å². The molecule has 3 aromatic carbocycles. The van der Waals surface area contributed by atoms with Gasteiger partial charge < -0.3 is 14.8 Å². The molecule has 0 spiro atoms. The van der Waals surface area contributed by atoms with Crippen molar-refractivity contribution in [2.45, 2.75) is 6.54 Å². The Hall–Kier alpha value is -3.04. The van der Waals surface area contributed by atoms with E-state index in [4.69, 9.17) is 44.9 Å². The molecule has 6 nitrogen and oxygen atoms in total. The van der Waals surface area contributed by atoms with Crippen LogP contribution in [0.3, 0.4) is 0 Å². The summed E-state index contributed by atoms with van der Waals surface area (Å²) < 4.78 is 11.6. The lowest BCUT2D eigenvalue weighted by molar-refractivity contribution is -0.122. The molecule has 0 saturated carbocycles. The Bertz CT molecular complexity index is 1350. The smallest absolute Gasteiger partial charge is 0.266 e. The number of amides is 2. The molecule has 0 aliphatic carbocycles. The van der Waals surface area contributed by atoms with E-state index in [0.29, 0.717) is 38.0 Å². The molecule has 36 heavy (non-hydrogen) atoms. The van der Waals surface area contributed by atoms with Crippen LogP contribution in [0.15, 0.2) is 71.6 Å². The van der Waals surface area contributed by atoms with Gasteiger partial charge in [0.05, 0.1) is 34.3 Å². The zero-order valence-corrected chi connectivity index (χ0v) is 22.1. The van der Waals surface area contributed by atoms with E-state index in [-0.39, 0.29) is 17.5 Å². The fraction of sp³-hybridized carbons (Fsp3) is 0.115. The Kier molecular flexibility index (Phi) is 8.53. The fourth-order valence-corrected chi connectivity index (χ4v) is 4.98. The van der Waals surface area contributed by atoms with Gasteiger partial charge >= 0.3 is 0 Å². The molecule has 1 saturated heterocycles. The van der Waals surface area contributed by atoms with Gasteiger partial charge in [0.1, 0.15) is 4.32 Å². The molecule has 0 radical (unpaired) electrons. The molecule has 2 amide bonds. The molecule has 0 aromatic heterocycles. The van der Waals surface area contributed by atoms with E-state index in [1.54, 1.807) is 47.4 Å². The molecule has 1 heterocycles. The topological polar surface area (TPSA) is 67.9 Å². The molecule has 4 rings (SSSR count). The number of carbonyl (C=O) groups is 2. The number of hydrogen-bond acceptors (Lipinski definition) is 6. The van der Waals surface area contributed by atoms with Crippen LogP contribution in [0.5, 0.6) is 11.5 Å². The lowest BCUT2D eigenvalue weighted by Crippen LogP contribution is -2.27. The van der Waals surface area contributed by atoms with Crippen molar-refractivity contribution in [3.8, 4) is 11.5 Å². The number of ether oxygens (including phenoxy) is 2. The normalized spacial score (nSPS) is 14.3. The molecular weight excluding hydrogens is 539 g/mol. The number of carbonyl (C=O) groups excluding carboxylic acids is 2. The molecule has 0 atom stereocenters. The van der Waals surface area contributed by atoms with Crippen LogP contribution in [0.4, 0.5) is 5.69 Å². The first-order valence-electron chi connectivity index (χ1n) is 10.7. The standard InChI is InChI=1S/C26H20Cl2N2O4S2/c1-33-21-12-17(13-22-25(32)30(26(35)36-22)14-16-6-3-2-4-7-16)10-11-20(21)34-15-23(31)29-19-9-5-8-18(27)24(19)28/h2-13H,14-15H2,1H3,(H,29,31)/b22-13-. The molecular formula is C26H20Cl2N2O4S2. The SMILES string of the molecule is COc1cc(/C=C2\SC(=S)N(Cc3ccccc3)C2=O)ccc1OCC(=O)Nc1cccc(Cl)c1Cl. The molecule has 0 bridgehead atoms. The summed E-state index contributed by atoms with van der Waals surface area (Å²) in [5.74, 6) is 0.229. The van der Waals surface area contributed by atoms with Crippen LogP contribution in [-0.4, -0.2) is 34.8 Å². The van der Waals surface area contributed by atoms with Crippen molar-refractivity contribution in [1.29, 1.82) is 0 Å². The van der Waals surface area contributed by atoms with E-state index in [1.165, 1.54) is 18.9 Å². The first kappa shape index (κ1) is 26.0. The highest BCUT2D eigenvalue weighted by molar-refractivity contribution is 8.26. The highest BCUT2D eigenvalue weighted by Gasteiger charge is 2.32. The quantitative estimate of drug-likeness (QED) is 0.254. The van der Waals surface area contributed by atoms with Crippen molar-refractivity contribution >= 4 is 75.1 Å². The van der Waals surface area contributed by atoms with Crippen molar-refractivity contribution in [3.63, 3.8) is 0 Å². The molecule has 1 fully saturated rings. The van der Waals surface area contributed by atoms with Gasteiger partial charge in [-0.3, -0.25) is 14.5 Å². The van der Waals surface area contributed by atoms with E-state index >= 15 is 0 Å². The minimum absolute atomic E-state index is 0.149. The largest absolute Gasteiger partial charge is 0.493 e. The maximum absolute atomic E-state index is 12.9. The first-order valence-corrected chi connectivity index (χ1v) is 12.7.